The van der Waals surface area contributed by atoms with Gasteiger partial charge in [-0.1, -0.05) is 64.1 Å². The van der Waals surface area contributed by atoms with Crippen molar-refractivity contribution in [2.45, 2.75) is 53.9 Å². The Hall–Kier alpha value is -5.16. The number of fused-ring (bicyclic) bond motifs is 3. The SMILES string of the molecule is Cc1ccnc(-n2c3ccccc3c3ccc(Oc4cccc(-n5cc(-c6c(C)cc(CC(C)C)cc6C(C)C)cn5)c4)cc32)c1. The molecule has 7 rings (SSSR count). The molecule has 0 saturated heterocycles. The van der Waals surface area contributed by atoms with Crippen molar-refractivity contribution in [2.75, 3.05) is 0 Å². The van der Waals surface area contributed by atoms with Crippen LogP contribution in [0.4, 0.5) is 0 Å². The van der Waals surface area contributed by atoms with Crippen LogP contribution >= 0.6 is 0 Å². The van der Waals surface area contributed by atoms with Crippen LogP contribution in [-0.2, 0) is 6.42 Å². The van der Waals surface area contributed by atoms with E-state index in [1.807, 2.05) is 47.4 Å². The largest absolute Gasteiger partial charge is 0.457 e. The van der Waals surface area contributed by atoms with Gasteiger partial charge in [0, 0.05) is 40.9 Å². The lowest BCUT2D eigenvalue weighted by Gasteiger charge is -2.18. The number of aromatic nitrogens is 4. The fourth-order valence-corrected chi connectivity index (χ4v) is 6.65. The fourth-order valence-electron chi connectivity index (χ4n) is 6.65. The van der Waals surface area contributed by atoms with Gasteiger partial charge >= 0.3 is 0 Å². The smallest absolute Gasteiger partial charge is 0.137 e. The van der Waals surface area contributed by atoms with Gasteiger partial charge < -0.3 is 4.74 Å². The molecule has 0 radical (unpaired) electrons. The van der Waals surface area contributed by atoms with Crippen molar-refractivity contribution in [1.82, 2.24) is 19.3 Å². The highest BCUT2D eigenvalue weighted by Gasteiger charge is 2.17. The molecule has 0 fully saturated rings. The molecule has 46 heavy (non-hydrogen) atoms. The summed E-state index contributed by atoms with van der Waals surface area (Å²) in [5, 5.41) is 7.15. The Bertz CT molecular complexity index is 2200. The van der Waals surface area contributed by atoms with Gasteiger partial charge in [0.15, 0.2) is 0 Å². The number of hydrogen-bond acceptors (Lipinski definition) is 3. The molecule has 0 aliphatic heterocycles. The lowest BCUT2D eigenvalue weighted by Crippen LogP contribution is -2.01. The van der Waals surface area contributed by atoms with E-state index in [0.717, 1.165) is 51.4 Å². The second kappa shape index (κ2) is 12.0. The third kappa shape index (κ3) is 5.58. The van der Waals surface area contributed by atoms with Gasteiger partial charge in [-0.2, -0.15) is 5.10 Å². The van der Waals surface area contributed by atoms with Crippen LogP contribution in [0.25, 0.3) is 44.4 Å². The van der Waals surface area contributed by atoms with E-state index >= 15 is 0 Å². The number of rotatable bonds is 8. The van der Waals surface area contributed by atoms with Gasteiger partial charge in [0.1, 0.15) is 17.3 Å². The zero-order valence-corrected chi connectivity index (χ0v) is 27.5. The molecule has 230 valence electrons. The van der Waals surface area contributed by atoms with Crippen LogP contribution in [0, 0.1) is 19.8 Å². The lowest BCUT2D eigenvalue weighted by atomic mass is 9.87. The monoisotopic (exact) mass is 604 g/mol. The summed E-state index contributed by atoms with van der Waals surface area (Å²) in [7, 11) is 0. The molecule has 3 aromatic heterocycles. The summed E-state index contributed by atoms with van der Waals surface area (Å²) in [6.07, 6.45) is 7.07. The summed E-state index contributed by atoms with van der Waals surface area (Å²) in [6, 6.07) is 31.8. The molecule has 0 amide bonds. The summed E-state index contributed by atoms with van der Waals surface area (Å²) in [5.41, 5.74) is 10.8. The summed E-state index contributed by atoms with van der Waals surface area (Å²) in [4.78, 5) is 4.71. The van der Waals surface area contributed by atoms with Crippen LogP contribution in [0.2, 0.25) is 0 Å². The van der Waals surface area contributed by atoms with Crippen LogP contribution in [0.3, 0.4) is 0 Å². The molecule has 3 heterocycles. The quantitative estimate of drug-likeness (QED) is 0.173. The van der Waals surface area contributed by atoms with Crippen molar-refractivity contribution in [3.63, 3.8) is 0 Å². The van der Waals surface area contributed by atoms with E-state index in [0.29, 0.717) is 11.8 Å². The molecule has 0 N–H and O–H groups in total. The number of nitrogens with zero attached hydrogens (tertiary/aromatic N) is 4. The number of pyridine rings is 1. The van der Waals surface area contributed by atoms with E-state index in [-0.39, 0.29) is 0 Å². The summed E-state index contributed by atoms with van der Waals surface area (Å²) >= 11 is 0. The Morgan fingerprint density at radius 1 is 0.761 bits per heavy atom. The lowest BCUT2D eigenvalue weighted by molar-refractivity contribution is 0.483. The number of aryl methyl sites for hydroxylation is 2. The molecule has 0 bridgehead atoms. The maximum Gasteiger partial charge on any atom is 0.137 e. The first-order valence-electron chi connectivity index (χ1n) is 16.2. The molecule has 5 nitrogen and oxygen atoms in total. The minimum atomic E-state index is 0.415. The summed E-state index contributed by atoms with van der Waals surface area (Å²) in [6.45, 7) is 13.4. The molecule has 5 heteroatoms. The van der Waals surface area contributed by atoms with Crippen LogP contribution in [0.1, 0.15) is 55.9 Å². The molecule has 0 spiro atoms. The average molecular weight is 605 g/mol. The van der Waals surface area contributed by atoms with Gasteiger partial charge in [-0.15, -0.1) is 0 Å². The molecule has 0 aliphatic carbocycles. The van der Waals surface area contributed by atoms with Gasteiger partial charge in [-0.05, 0) is 102 Å². The molecule has 0 unspecified atom stereocenters. The van der Waals surface area contributed by atoms with Crippen LogP contribution in [0.5, 0.6) is 11.5 Å². The zero-order chi connectivity index (χ0) is 31.9. The molecular weight excluding hydrogens is 564 g/mol. The Kier molecular flexibility index (Phi) is 7.69. The fraction of sp³-hybridized carbons (Fsp3) is 0.220. The number of benzene rings is 4. The van der Waals surface area contributed by atoms with Crippen molar-refractivity contribution >= 4 is 21.8 Å². The predicted octanol–water partition coefficient (Wildman–Crippen LogP) is 10.8. The Morgan fingerprint density at radius 3 is 2.37 bits per heavy atom. The molecule has 0 saturated carbocycles. The Balaban J connectivity index is 1.22. The second-order valence-electron chi connectivity index (χ2n) is 13.1. The highest BCUT2D eigenvalue weighted by Crippen LogP contribution is 2.37. The standard InChI is InChI=1S/C41H40N4O/c1-26(2)18-30-20-29(6)41(37(21-30)27(3)4)31-24-43-44(25-31)32-10-9-11-33(22-32)46-34-14-15-36-35-12-7-8-13-38(35)45(39(36)23-34)40-19-28(5)16-17-42-40/h7-17,19-27H,18H2,1-6H3. The zero-order valence-electron chi connectivity index (χ0n) is 27.5. The molecule has 0 aliphatic rings. The summed E-state index contributed by atoms with van der Waals surface area (Å²) in [5.74, 6) is 3.45. The number of para-hydroxylation sites is 1. The third-order valence-corrected chi connectivity index (χ3v) is 8.66. The van der Waals surface area contributed by atoms with Crippen molar-refractivity contribution in [3.05, 3.63) is 132 Å². The topological polar surface area (TPSA) is 44.9 Å². The molecule has 4 aromatic carbocycles. The predicted molar refractivity (Wildman–Crippen MR) is 190 cm³/mol. The Morgan fingerprint density at radius 2 is 1.57 bits per heavy atom. The van der Waals surface area contributed by atoms with Crippen LogP contribution in [0.15, 0.2) is 110 Å². The van der Waals surface area contributed by atoms with Gasteiger partial charge in [-0.3, -0.25) is 4.57 Å². The molecular formula is C41H40N4O. The van der Waals surface area contributed by atoms with Crippen LogP contribution in [-0.4, -0.2) is 19.3 Å². The minimum absolute atomic E-state index is 0.415. The summed E-state index contributed by atoms with van der Waals surface area (Å²) < 4.78 is 10.7. The van der Waals surface area contributed by atoms with E-state index in [2.05, 4.69) is 113 Å². The highest BCUT2D eigenvalue weighted by molar-refractivity contribution is 6.09. The highest BCUT2D eigenvalue weighted by atomic mass is 16.5. The third-order valence-electron chi connectivity index (χ3n) is 8.66. The maximum absolute atomic E-state index is 6.49. The number of hydrogen-bond donors (Lipinski definition) is 0. The van der Waals surface area contributed by atoms with Crippen molar-refractivity contribution in [1.29, 1.82) is 0 Å². The van der Waals surface area contributed by atoms with Gasteiger partial charge in [-0.25, -0.2) is 9.67 Å². The van der Waals surface area contributed by atoms with E-state index < -0.39 is 0 Å². The second-order valence-corrected chi connectivity index (χ2v) is 13.1. The normalized spacial score (nSPS) is 11.7. The maximum atomic E-state index is 6.49. The number of ether oxygens (including phenoxy) is 1. The van der Waals surface area contributed by atoms with Crippen molar-refractivity contribution in [3.8, 4) is 34.1 Å². The van der Waals surface area contributed by atoms with Crippen molar-refractivity contribution in [2.24, 2.45) is 5.92 Å². The van der Waals surface area contributed by atoms with Gasteiger partial charge in [0.05, 0.1) is 22.9 Å². The first-order chi connectivity index (χ1) is 22.2. The minimum Gasteiger partial charge on any atom is -0.457 e. The van der Waals surface area contributed by atoms with Crippen molar-refractivity contribution < 1.29 is 4.74 Å². The molecule has 0 atom stereocenters. The van der Waals surface area contributed by atoms with E-state index in [4.69, 9.17) is 14.8 Å². The average Bonchev–Trinajstić information content (AvgIpc) is 3.64. The first-order valence-corrected chi connectivity index (χ1v) is 16.2. The van der Waals surface area contributed by atoms with Crippen LogP contribution < -0.4 is 4.74 Å². The van der Waals surface area contributed by atoms with Gasteiger partial charge in [0.2, 0.25) is 0 Å². The molecule has 7 aromatic rings. The van der Waals surface area contributed by atoms with Gasteiger partial charge in [0.25, 0.3) is 0 Å². The van der Waals surface area contributed by atoms with E-state index in [1.54, 1.807) is 0 Å². The Labute approximate surface area is 271 Å². The van der Waals surface area contributed by atoms with E-state index in [1.165, 1.54) is 33.2 Å². The van der Waals surface area contributed by atoms with E-state index in [9.17, 15) is 0 Å². The first kappa shape index (κ1) is 29.5.